The number of nitriles is 1. The SMILES string of the molecule is CCCc1cc(C#N)c(=S)[nH]c1C. The molecule has 3 heteroatoms. The summed E-state index contributed by atoms with van der Waals surface area (Å²) in [5.41, 5.74) is 2.84. The molecular formula is C10H12N2S. The second-order valence-electron chi connectivity index (χ2n) is 3.02. The first-order valence-electron chi connectivity index (χ1n) is 4.32. The fourth-order valence-electron chi connectivity index (χ4n) is 1.28. The molecule has 1 aromatic rings. The molecule has 0 radical (unpaired) electrons. The number of pyridine rings is 1. The average molecular weight is 192 g/mol. The van der Waals surface area contributed by atoms with E-state index < -0.39 is 0 Å². The van der Waals surface area contributed by atoms with Crippen LogP contribution in [-0.2, 0) is 6.42 Å². The van der Waals surface area contributed by atoms with Crippen molar-refractivity contribution in [2.75, 3.05) is 0 Å². The van der Waals surface area contributed by atoms with Gasteiger partial charge in [0.1, 0.15) is 10.7 Å². The lowest BCUT2D eigenvalue weighted by atomic mass is 10.1. The topological polar surface area (TPSA) is 39.6 Å². The molecule has 0 saturated carbocycles. The summed E-state index contributed by atoms with van der Waals surface area (Å²) in [6.07, 6.45) is 2.07. The van der Waals surface area contributed by atoms with Crippen LogP contribution in [0, 0.1) is 22.9 Å². The number of hydrogen-bond donors (Lipinski definition) is 1. The Hall–Kier alpha value is -1.14. The molecule has 1 rings (SSSR count). The third kappa shape index (κ3) is 2.16. The molecule has 1 N–H and O–H groups in total. The van der Waals surface area contributed by atoms with Gasteiger partial charge >= 0.3 is 0 Å². The molecule has 0 aromatic carbocycles. The Morgan fingerprint density at radius 3 is 2.85 bits per heavy atom. The van der Waals surface area contributed by atoms with E-state index in [-0.39, 0.29) is 0 Å². The largest absolute Gasteiger partial charge is 0.349 e. The number of aromatic nitrogens is 1. The van der Waals surface area contributed by atoms with Crippen molar-refractivity contribution >= 4 is 12.2 Å². The Bertz CT molecular complexity index is 398. The maximum absolute atomic E-state index is 8.77. The van der Waals surface area contributed by atoms with E-state index in [1.165, 1.54) is 5.56 Å². The Kier molecular flexibility index (Phi) is 3.21. The van der Waals surface area contributed by atoms with E-state index in [9.17, 15) is 0 Å². The highest BCUT2D eigenvalue weighted by Crippen LogP contribution is 2.11. The van der Waals surface area contributed by atoms with Gasteiger partial charge in [0.05, 0.1) is 5.56 Å². The second-order valence-corrected chi connectivity index (χ2v) is 3.43. The molecule has 0 saturated heterocycles. The molecule has 68 valence electrons. The van der Waals surface area contributed by atoms with Crippen LogP contribution in [-0.4, -0.2) is 4.98 Å². The summed E-state index contributed by atoms with van der Waals surface area (Å²) in [6.45, 7) is 4.11. The van der Waals surface area contributed by atoms with Gasteiger partial charge in [0.2, 0.25) is 0 Å². The quantitative estimate of drug-likeness (QED) is 0.732. The molecule has 0 aliphatic rings. The van der Waals surface area contributed by atoms with Gasteiger partial charge in [-0.25, -0.2) is 0 Å². The van der Waals surface area contributed by atoms with E-state index >= 15 is 0 Å². The molecule has 0 fully saturated rings. The van der Waals surface area contributed by atoms with E-state index in [1.807, 2.05) is 13.0 Å². The van der Waals surface area contributed by atoms with Crippen LogP contribution in [0.25, 0.3) is 0 Å². The highest BCUT2D eigenvalue weighted by molar-refractivity contribution is 7.71. The molecule has 0 unspecified atom stereocenters. The molecule has 0 bridgehead atoms. The number of aryl methyl sites for hydroxylation is 2. The lowest BCUT2D eigenvalue weighted by molar-refractivity contribution is 0.895. The zero-order chi connectivity index (χ0) is 9.84. The van der Waals surface area contributed by atoms with Crippen molar-refractivity contribution in [1.82, 2.24) is 4.98 Å². The standard InChI is InChI=1S/C10H12N2S/c1-3-4-8-5-9(6-11)10(13)12-7(8)2/h5H,3-4H2,1-2H3,(H,12,13). The fraction of sp³-hybridized carbons (Fsp3) is 0.400. The van der Waals surface area contributed by atoms with Crippen LogP contribution in [0.2, 0.25) is 0 Å². The zero-order valence-electron chi connectivity index (χ0n) is 7.85. The van der Waals surface area contributed by atoms with Gasteiger partial charge < -0.3 is 4.98 Å². The monoisotopic (exact) mass is 192 g/mol. The zero-order valence-corrected chi connectivity index (χ0v) is 8.66. The van der Waals surface area contributed by atoms with Crippen LogP contribution in [0.4, 0.5) is 0 Å². The first kappa shape index (κ1) is 9.94. The van der Waals surface area contributed by atoms with Gasteiger partial charge in [0.25, 0.3) is 0 Å². The number of hydrogen-bond acceptors (Lipinski definition) is 2. The van der Waals surface area contributed by atoms with E-state index in [4.69, 9.17) is 17.5 Å². The summed E-state index contributed by atoms with van der Waals surface area (Å²) < 4.78 is 0.542. The summed E-state index contributed by atoms with van der Waals surface area (Å²) >= 11 is 5.00. The highest BCUT2D eigenvalue weighted by atomic mass is 32.1. The van der Waals surface area contributed by atoms with Crippen LogP contribution < -0.4 is 0 Å². The lowest BCUT2D eigenvalue weighted by Gasteiger charge is -2.04. The summed E-state index contributed by atoms with van der Waals surface area (Å²) in [6, 6.07) is 3.97. The predicted molar refractivity (Wildman–Crippen MR) is 55.1 cm³/mol. The highest BCUT2D eigenvalue weighted by Gasteiger charge is 2.01. The molecule has 1 aromatic heterocycles. The first-order chi connectivity index (χ1) is 6.19. The maximum atomic E-state index is 8.77. The molecule has 0 spiro atoms. The Morgan fingerprint density at radius 1 is 1.62 bits per heavy atom. The van der Waals surface area contributed by atoms with Gasteiger partial charge in [-0.15, -0.1) is 0 Å². The molecule has 0 atom stereocenters. The van der Waals surface area contributed by atoms with E-state index in [0.717, 1.165) is 18.5 Å². The third-order valence-corrected chi connectivity index (χ3v) is 2.31. The van der Waals surface area contributed by atoms with Crippen molar-refractivity contribution in [1.29, 1.82) is 5.26 Å². The average Bonchev–Trinajstić information content (AvgIpc) is 2.10. The van der Waals surface area contributed by atoms with Gasteiger partial charge in [0.15, 0.2) is 0 Å². The van der Waals surface area contributed by atoms with E-state index in [0.29, 0.717) is 10.2 Å². The van der Waals surface area contributed by atoms with Crippen molar-refractivity contribution in [3.05, 3.63) is 27.5 Å². The van der Waals surface area contributed by atoms with Crippen LogP contribution in [0.15, 0.2) is 6.07 Å². The third-order valence-electron chi connectivity index (χ3n) is 1.99. The van der Waals surface area contributed by atoms with Gasteiger partial charge in [-0.3, -0.25) is 0 Å². The van der Waals surface area contributed by atoms with Crippen LogP contribution in [0.5, 0.6) is 0 Å². The fourth-order valence-corrected chi connectivity index (χ4v) is 1.54. The van der Waals surface area contributed by atoms with Crippen LogP contribution >= 0.6 is 12.2 Å². The maximum Gasteiger partial charge on any atom is 0.121 e. The lowest BCUT2D eigenvalue weighted by Crippen LogP contribution is -1.95. The summed E-state index contributed by atoms with van der Waals surface area (Å²) in [5, 5.41) is 8.77. The molecule has 0 aliphatic heterocycles. The number of H-pyrrole nitrogens is 1. The molecule has 13 heavy (non-hydrogen) atoms. The van der Waals surface area contributed by atoms with E-state index in [2.05, 4.69) is 18.0 Å². The minimum absolute atomic E-state index is 0.542. The van der Waals surface area contributed by atoms with Crippen molar-refractivity contribution in [3.63, 3.8) is 0 Å². The van der Waals surface area contributed by atoms with Gasteiger partial charge in [-0.05, 0) is 25.0 Å². The molecule has 1 heterocycles. The number of aromatic amines is 1. The van der Waals surface area contributed by atoms with Crippen molar-refractivity contribution in [3.8, 4) is 6.07 Å². The predicted octanol–water partition coefficient (Wildman–Crippen LogP) is 2.88. The normalized spacial score (nSPS) is 9.62. The Labute approximate surface area is 83.2 Å². The number of nitrogens with zero attached hydrogens (tertiary/aromatic N) is 1. The second kappa shape index (κ2) is 4.20. The van der Waals surface area contributed by atoms with Gasteiger partial charge in [0, 0.05) is 5.69 Å². The van der Waals surface area contributed by atoms with Crippen LogP contribution in [0.1, 0.15) is 30.2 Å². The number of nitrogens with one attached hydrogen (secondary N) is 1. The Balaban J connectivity index is 3.24. The van der Waals surface area contributed by atoms with Crippen LogP contribution in [0.3, 0.4) is 0 Å². The molecule has 2 nitrogen and oxygen atoms in total. The van der Waals surface area contributed by atoms with Gasteiger partial charge in [-0.1, -0.05) is 25.6 Å². The summed E-state index contributed by atoms with van der Waals surface area (Å²) in [4.78, 5) is 3.04. The minimum atomic E-state index is 0.542. The van der Waals surface area contributed by atoms with Crippen molar-refractivity contribution in [2.45, 2.75) is 26.7 Å². The number of rotatable bonds is 2. The van der Waals surface area contributed by atoms with Crippen molar-refractivity contribution in [2.24, 2.45) is 0 Å². The Morgan fingerprint density at radius 2 is 2.31 bits per heavy atom. The smallest absolute Gasteiger partial charge is 0.121 e. The van der Waals surface area contributed by atoms with Gasteiger partial charge in [-0.2, -0.15) is 5.26 Å². The van der Waals surface area contributed by atoms with E-state index in [1.54, 1.807) is 0 Å². The molecule has 0 amide bonds. The first-order valence-corrected chi connectivity index (χ1v) is 4.72. The molecular weight excluding hydrogens is 180 g/mol. The van der Waals surface area contributed by atoms with Crippen molar-refractivity contribution < 1.29 is 0 Å². The summed E-state index contributed by atoms with van der Waals surface area (Å²) in [5.74, 6) is 0. The molecule has 0 aliphatic carbocycles. The summed E-state index contributed by atoms with van der Waals surface area (Å²) in [7, 11) is 0. The minimum Gasteiger partial charge on any atom is -0.349 e.